The summed E-state index contributed by atoms with van der Waals surface area (Å²) in [5, 5.41) is 0.592. The molecule has 4 aromatic rings. The number of thiazole rings is 1. The molecule has 0 N–H and O–H groups in total. The molecule has 2 heterocycles. The fourth-order valence-corrected chi connectivity index (χ4v) is 5.59. The van der Waals surface area contributed by atoms with Gasteiger partial charge in [-0.25, -0.2) is 18.4 Å². The third-order valence-electron chi connectivity index (χ3n) is 5.14. The molecule has 166 valence electrons. The first kappa shape index (κ1) is 22.2. The van der Waals surface area contributed by atoms with Crippen molar-refractivity contribution in [1.29, 1.82) is 0 Å². The molecule has 4 rings (SSSR count). The van der Waals surface area contributed by atoms with Gasteiger partial charge in [0.25, 0.3) is 0 Å². The van der Waals surface area contributed by atoms with Gasteiger partial charge in [0.2, 0.25) is 5.91 Å². The van der Waals surface area contributed by atoms with E-state index in [1.165, 1.54) is 11.3 Å². The van der Waals surface area contributed by atoms with Gasteiger partial charge in [-0.2, -0.15) is 0 Å². The van der Waals surface area contributed by atoms with Crippen LogP contribution in [0.1, 0.15) is 18.4 Å². The van der Waals surface area contributed by atoms with Crippen molar-refractivity contribution >= 4 is 42.4 Å². The van der Waals surface area contributed by atoms with Gasteiger partial charge in [-0.1, -0.05) is 41.2 Å². The van der Waals surface area contributed by atoms with Gasteiger partial charge in [0.15, 0.2) is 15.0 Å². The molecule has 0 aliphatic carbocycles. The summed E-state index contributed by atoms with van der Waals surface area (Å²) < 4.78 is 28.4. The molecule has 0 aliphatic heterocycles. The molecule has 9 heteroatoms. The standard InChI is InChI=1S/C23H24N4O3S2/c1-18-7-9-19(10-8-18)32(29,30)16-11-22(28)27(14-4-13-26-15-12-24-17-26)23-25-20-5-2-3-6-21(20)31-23/h2-3,5-10,12,15,17H,4,11,13-14,16H2,1H3. The lowest BCUT2D eigenvalue weighted by molar-refractivity contribution is -0.118. The summed E-state index contributed by atoms with van der Waals surface area (Å²) in [5.74, 6) is -0.483. The molecule has 0 atom stereocenters. The predicted molar refractivity (Wildman–Crippen MR) is 127 cm³/mol. The number of amides is 1. The molecular formula is C23H24N4O3S2. The molecule has 32 heavy (non-hydrogen) atoms. The van der Waals surface area contributed by atoms with E-state index in [2.05, 4.69) is 9.97 Å². The minimum absolute atomic E-state index is 0.1000. The van der Waals surface area contributed by atoms with Crippen molar-refractivity contribution in [2.75, 3.05) is 17.2 Å². The molecule has 0 saturated carbocycles. The number of rotatable bonds is 9. The third kappa shape index (κ3) is 5.23. The van der Waals surface area contributed by atoms with Gasteiger partial charge in [-0.15, -0.1) is 0 Å². The van der Waals surface area contributed by atoms with Crippen molar-refractivity contribution in [3.8, 4) is 0 Å². The van der Waals surface area contributed by atoms with E-state index in [9.17, 15) is 13.2 Å². The molecule has 0 saturated heterocycles. The van der Waals surface area contributed by atoms with Crippen molar-refractivity contribution in [1.82, 2.24) is 14.5 Å². The van der Waals surface area contributed by atoms with Crippen LogP contribution in [0.2, 0.25) is 0 Å². The largest absolute Gasteiger partial charge is 0.337 e. The molecule has 7 nitrogen and oxygen atoms in total. The fraction of sp³-hybridized carbons (Fsp3) is 0.261. The van der Waals surface area contributed by atoms with E-state index >= 15 is 0 Å². The maximum Gasteiger partial charge on any atom is 0.229 e. The highest BCUT2D eigenvalue weighted by atomic mass is 32.2. The van der Waals surface area contributed by atoms with Crippen molar-refractivity contribution in [2.24, 2.45) is 0 Å². The second kappa shape index (κ2) is 9.62. The zero-order chi connectivity index (χ0) is 22.6. The second-order valence-corrected chi connectivity index (χ2v) is 10.7. The van der Waals surface area contributed by atoms with Crippen LogP contribution in [-0.2, 0) is 21.2 Å². The number of fused-ring (bicyclic) bond motifs is 1. The van der Waals surface area contributed by atoms with Gasteiger partial charge in [-0.05, 0) is 37.6 Å². The number of hydrogen-bond donors (Lipinski definition) is 0. The number of hydrogen-bond acceptors (Lipinski definition) is 6. The minimum Gasteiger partial charge on any atom is -0.337 e. The normalized spacial score (nSPS) is 11.7. The Kier molecular flexibility index (Phi) is 6.66. The zero-order valence-electron chi connectivity index (χ0n) is 17.7. The lowest BCUT2D eigenvalue weighted by atomic mass is 10.2. The number of sulfone groups is 1. The van der Waals surface area contributed by atoms with Gasteiger partial charge >= 0.3 is 0 Å². The van der Waals surface area contributed by atoms with Crippen molar-refractivity contribution in [3.05, 3.63) is 72.8 Å². The van der Waals surface area contributed by atoms with Crippen LogP contribution in [0.25, 0.3) is 10.2 Å². The van der Waals surface area contributed by atoms with Crippen LogP contribution < -0.4 is 4.90 Å². The van der Waals surface area contributed by atoms with E-state index < -0.39 is 9.84 Å². The summed E-state index contributed by atoms with van der Waals surface area (Å²) in [4.78, 5) is 23.7. The Labute approximate surface area is 191 Å². The Hall–Kier alpha value is -3.04. The van der Waals surface area contributed by atoms with Gasteiger partial charge in [0.05, 0.1) is 27.2 Å². The predicted octanol–water partition coefficient (Wildman–Crippen LogP) is 4.09. The molecule has 0 bridgehead atoms. The van der Waals surface area contributed by atoms with Crippen LogP contribution in [0, 0.1) is 6.92 Å². The molecular weight excluding hydrogens is 444 g/mol. The number of anilines is 1. The molecule has 0 aliphatic rings. The zero-order valence-corrected chi connectivity index (χ0v) is 19.3. The van der Waals surface area contributed by atoms with Crippen LogP contribution in [0.15, 0.2) is 72.1 Å². The van der Waals surface area contributed by atoms with Gasteiger partial charge in [0, 0.05) is 31.9 Å². The Bertz CT molecular complexity index is 1260. The number of carbonyl (C=O) groups excluding carboxylic acids is 1. The van der Waals surface area contributed by atoms with E-state index in [0.717, 1.165) is 15.8 Å². The van der Waals surface area contributed by atoms with Gasteiger partial charge < -0.3 is 4.57 Å². The van der Waals surface area contributed by atoms with Crippen LogP contribution in [-0.4, -0.2) is 41.2 Å². The quantitative estimate of drug-likeness (QED) is 0.369. The highest BCUT2D eigenvalue weighted by molar-refractivity contribution is 7.91. The van der Waals surface area contributed by atoms with Crippen molar-refractivity contribution < 1.29 is 13.2 Å². The fourth-order valence-electron chi connectivity index (χ4n) is 3.35. The lowest BCUT2D eigenvalue weighted by Crippen LogP contribution is -2.33. The molecule has 0 spiro atoms. The summed E-state index contributed by atoms with van der Waals surface area (Å²) in [7, 11) is -3.55. The summed E-state index contributed by atoms with van der Waals surface area (Å²) >= 11 is 1.44. The number of para-hydroxylation sites is 1. The van der Waals surface area contributed by atoms with Crippen LogP contribution in [0.4, 0.5) is 5.13 Å². The van der Waals surface area contributed by atoms with E-state index in [4.69, 9.17) is 0 Å². The smallest absolute Gasteiger partial charge is 0.229 e. The minimum atomic E-state index is -3.55. The van der Waals surface area contributed by atoms with Crippen molar-refractivity contribution in [2.45, 2.75) is 31.2 Å². The highest BCUT2D eigenvalue weighted by Crippen LogP contribution is 2.29. The summed E-state index contributed by atoms with van der Waals surface area (Å²) in [6, 6.07) is 14.4. The number of imidazole rings is 1. The summed E-state index contributed by atoms with van der Waals surface area (Å²) in [6.45, 7) is 3.05. The van der Waals surface area contributed by atoms with Crippen LogP contribution in [0.5, 0.6) is 0 Å². The first-order chi connectivity index (χ1) is 15.4. The molecule has 2 aromatic carbocycles. The van der Waals surface area contributed by atoms with E-state index in [1.807, 2.05) is 42.0 Å². The maximum atomic E-state index is 13.2. The number of carbonyl (C=O) groups is 1. The molecule has 0 radical (unpaired) electrons. The summed E-state index contributed by atoms with van der Waals surface area (Å²) in [6.07, 6.45) is 5.92. The number of aryl methyl sites for hydroxylation is 2. The second-order valence-electron chi connectivity index (χ2n) is 7.55. The number of benzene rings is 2. The number of nitrogens with zero attached hydrogens (tertiary/aromatic N) is 4. The SMILES string of the molecule is Cc1ccc(S(=O)(=O)CCC(=O)N(CCCn2ccnc2)c2nc3ccccc3s2)cc1. The molecule has 1 amide bonds. The van der Waals surface area contributed by atoms with Crippen LogP contribution in [0.3, 0.4) is 0 Å². The van der Waals surface area contributed by atoms with Crippen molar-refractivity contribution in [3.63, 3.8) is 0 Å². The monoisotopic (exact) mass is 468 g/mol. The maximum absolute atomic E-state index is 13.2. The molecule has 2 aromatic heterocycles. The van der Waals surface area contributed by atoms with Gasteiger partial charge in [0.1, 0.15) is 0 Å². The van der Waals surface area contributed by atoms with Crippen LogP contribution >= 0.6 is 11.3 Å². The lowest BCUT2D eigenvalue weighted by Gasteiger charge is -2.20. The molecule has 0 fully saturated rings. The molecule has 0 unspecified atom stereocenters. The van der Waals surface area contributed by atoms with Gasteiger partial charge in [-0.3, -0.25) is 9.69 Å². The van der Waals surface area contributed by atoms with E-state index in [-0.39, 0.29) is 23.0 Å². The Morgan fingerprint density at radius 3 is 2.62 bits per heavy atom. The first-order valence-corrected chi connectivity index (χ1v) is 12.8. The van der Waals surface area contributed by atoms with E-state index in [1.54, 1.807) is 41.7 Å². The highest BCUT2D eigenvalue weighted by Gasteiger charge is 2.23. The third-order valence-corrected chi connectivity index (χ3v) is 7.93. The summed E-state index contributed by atoms with van der Waals surface area (Å²) in [5.41, 5.74) is 1.81. The number of aromatic nitrogens is 3. The Morgan fingerprint density at radius 1 is 1.12 bits per heavy atom. The topological polar surface area (TPSA) is 85.2 Å². The van der Waals surface area contributed by atoms with E-state index in [0.29, 0.717) is 24.6 Å². The average Bonchev–Trinajstić information content (AvgIpc) is 3.45. The Balaban J connectivity index is 1.50. The Morgan fingerprint density at radius 2 is 1.91 bits per heavy atom. The average molecular weight is 469 g/mol. The first-order valence-electron chi connectivity index (χ1n) is 10.3.